The number of aromatic amines is 2. The fourth-order valence-electron chi connectivity index (χ4n) is 5.14. The zero-order valence-electron chi connectivity index (χ0n) is 20.7. The van der Waals surface area contributed by atoms with Crippen LogP contribution in [-0.2, 0) is 4.79 Å². The summed E-state index contributed by atoms with van der Waals surface area (Å²) in [7, 11) is 0. The molecule has 38 heavy (non-hydrogen) atoms. The number of aryl methyl sites for hydroxylation is 1. The first-order chi connectivity index (χ1) is 18.6. The van der Waals surface area contributed by atoms with E-state index in [4.69, 9.17) is 4.98 Å². The highest BCUT2D eigenvalue weighted by Gasteiger charge is 2.23. The van der Waals surface area contributed by atoms with Crippen molar-refractivity contribution in [1.82, 2.24) is 35.1 Å². The van der Waals surface area contributed by atoms with Gasteiger partial charge in [-0.2, -0.15) is 5.10 Å². The quantitative estimate of drug-likeness (QED) is 0.251. The minimum atomic E-state index is 0.0672. The number of aromatic nitrogens is 7. The molecule has 0 saturated heterocycles. The molecular formula is C28H24N8OS. The van der Waals surface area contributed by atoms with Crippen LogP contribution in [0.3, 0.4) is 0 Å². The third-order valence-electron chi connectivity index (χ3n) is 7.09. The van der Waals surface area contributed by atoms with E-state index in [1.807, 2.05) is 18.2 Å². The lowest BCUT2D eigenvalue weighted by molar-refractivity contribution is -0.119. The van der Waals surface area contributed by atoms with Crippen LogP contribution >= 0.6 is 11.3 Å². The number of imidazole rings is 1. The SMILES string of the molecule is Cc1ccc(-c2ccnc3[nH]c(-c4n[nH]c5cnc(-c6cncc(NC(=O)C7CCCC7)c6)cc45)nc23)s1. The second-order valence-electron chi connectivity index (χ2n) is 9.67. The summed E-state index contributed by atoms with van der Waals surface area (Å²) in [5.41, 5.74) is 6.26. The van der Waals surface area contributed by atoms with Gasteiger partial charge in [-0.15, -0.1) is 11.3 Å². The van der Waals surface area contributed by atoms with Gasteiger partial charge in [-0.25, -0.2) is 9.97 Å². The van der Waals surface area contributed by atoms with Gasteiger partial charge in [0.15, 0.2) is 11.5 Å². The molecule has 0 unspecified atom stereocenters. The first-order valence-corrected chi connectivity index (χ1v) is 13.5. The van der Waals surface area contributed by atoms with E-state index in [2.05, 4.69) is 54.5 Å². The number of nitrogens with zero attached hydrogens (tertiary/aromatic N) is 5. The van der Waals surface area contributed by atoms with Gasteiger partial charge in [-0.1, -0.05) is 12.8 Å². The van der Waals surface area contributed by atoms with E-state index in [1.165, 1.54) is 4.88 Å². The fourth-order valence-corrected chi connectivity index (χ4v) is 6.03. The van der Waals surface area contributed by atoms with Crippen LogP contribution in [0.4, 0.5) is 5.69 Å². The largest absolute Gasteiger partial charge is 0.324 e. The van der Waals surface area contributed by atoms with E-state index in [1.54, 1.807) is 36.1 Å². The first kappa shape index (κ1) is 22.7. The van der Waals surface area contributed by atoms with Crippen LogP contribution in [0.2, 0.25) is 0 Å². The third-order valence-corrected chi connectivity index (χ3v) is 8.12. The van der Waals surface area contributed by atoms with E-state index >= 15 is 0 Å². The number of carbonyl (C=O) groups excluding carboxylic acids is 1. The number of pyridine rings is 3. The maximum Gasteiger partial charge on any atom is 0.227 e. The number of amides is 1. The fraction of sp³-hybridized carbons (Fsp3) is 0.214. The van der Waals surface area contributed by atoms with Crippen LogP contribution in [0.15, 0.2) is 55.1 Å². The van der Waals surface area contributed by atoms with Crippen molar-refractivity contribution in [2.24, 2.45) is 5.92 Å². The Labute approximate surface area is 221 Å². The zero-order valence-corrected chi connectivity index (χ0v) is 21.5. The zero-order chi connectivity index (χ0) is 25.6. The van der Waals surface area contributed by atoms with Crippen molar-refractivity contribution in [3.63, 3.8) is 0 Å². The Balaban J connectivity index is 1.24. The van der Waals surface area contributed by atoms with Gasteiger partial charge in [-0.3, -0.25) is 19.9 Å². The van der Waals surface area contributed by atoms with Gasteiger partial charge in [0.05, 0.1) is 29.3 Å². The molecule has 6 heterocycles. The van der Waals surface area contributed by atoms with Crippen molar-refractivity contribution < 1.29 is 4.79 Å². The van der Waals surface area contributed by atoms with E-state index in [0.29, 0.717) is 22.9 Å². The summed E-state index contributed by atoms with van der Waals surface area (Å²) in [6.45, 7) is 2.10. The minimum Gasteiger partial charge on any atom is -0.324 e. The van der Waals surface area contributed by atoms with Crippen molar-refractivity contribution in [3.8, 4) is 33.2 Å². The molecule has 1 aliphatic carbocycles. The van der Waals surface area contributed by atoms with E-state index in [0.717, 1.165) is 63.8 Å². The van der Waals surface area contributed by atoms with Crippen LogP contribution in [0.1, 0.15) is 30.6 Å². The number of anilines is 1. The molecule has 7 rings (SSSR count). The molecular weight excluding hydrogens is 496 g/mol. The second kappa shape index (κ2) is 9.14. The lowest BCUT2D eigenvalue weighted by atomic mass is 10.1. The van der Waals surface area contributed by atoms with Gasteiger partial charge in [0.1, 0.15) is 11.2 Å². The molecule has 6 aromatic heterocycles. The van der Waals surface area contributed by atoms with Gasteiger partial charge in [0, 0.05) is 44.6 Å². The molecule has 0 aromatic carbocycles. The topological polar surface area (TPSA) is 125 Å². The molecule has 0 aliphatic heterocycles. The van der Waals surface area contributed by atoms with Crippen LogP contribution in [0.25, 0.3) is 55.3 Å². The molecule has 1 saturated carbocycles. The van der Waals surface area contributed by atoms with Crippen molar-refractivity contribution >= 4 is 45.0 Å². The summed E-state index contributed by atoms with van der Waals surface area (Å²) >= 11 is 1.73. The Morgan fingerprint density at radius 3 is 2.82 bits per heavy atom. The lowest BCUT2D eigenvalue weighted by Crippen LogP contribution is -2.20. The van der Waals surface area contributed by atoms with Crippen LogP contribution in [0.5, 0.6) is 0 Å². The maximum absolute atomic E-state index is 12.6. The molecule has 0 spiro atoms. The molecule has 0 bridgehead atoms. The van der Waals surface area contributed by atoms with Gasteiger partial charge in [0.2, 0.25) is 5.91 Å². The van der Waals surface area contributed by atoms with Crippen molar-refractivity contribution in [2.45, 2.75) is 32.6 Å². The number of thiophene rings is 1. The predicted molar refractivity (Wildman–Crippen MR) is 149 cm³/mol. The van der Waals surface area contributed by atoms with Gasteiger partial charge >= 0.3 is 0 Å². The number of nitrogens with one attached hydrogen (secondary N) is 3. The Morgan fingerprint density at radius 1 is 1.08 bits per heavy atom. The summed E-state index contributed by atoms with van der Waals surface area (Å²) in [4.78, 5) is 36.7. The summed E-state index contributed by atoms with van der Waals surface area (Å²) in [6.07, 6.45) is 11.1. The number of fused-ring (bicyclic) bond motifs is 2. The summed E-state index contributed by atoms with van der Waals surface area (Å²) in [5, 5.41) is 11.5. The minimum absolute atomic E-state index is 0.0672. The number of hydrogen-bond acceptors (Lipinski definition) is 7. The van der Waals surface area contributed by atoms with Crippen molar-refractivity contribution in [1.29, 1.82) is 0 Å². The van der Waals surface area contributed by atoms with Crippen molar-refractivity contribution in [3.05, 3.63) is 60.0 Å². The molecule has 10 heteroatoms. The predicted octanol–water partition coefficient (Wildman–Crippen LogP) is 6.12. The van der Waals surface area contributed by atoms with Crippen LogP contribution < -0.4 is 5.32 Å². The number of rotatable bonds is 5. The monoisotopic (exact) mass is 520 g/mol. The Kier molecular flexibility index (Phi) is 5.47. The molecule has 9 nitrogen and oxygen atoms in total. The summed E-state index contributed by atoms with van der Waals surface area (Å²) < 4.78 is 0. The third kappa shape index (κ3) is 4.03. The molecule has 3 N–H and O–H groups in total. The number of H-pyrrole nitrogens is 2. The first-order valence-electron chi connectivity index (χ1n) is 12.6. The van der Waals surface area contributed by atoms with Gasteiger partial charge in [-0.05, 0) is 50.1 Å². The van der Waals surface area contributed by atoms with E-state index < -0.39 is 0 Å². The normalized spacial score (nSPS) is 14.0. The molecule has 1 amide bonds. The van der Waals surface area contributed by atoms with E-state index in [-0.39, 0.29) is 11.8 Å². The van der Waals surface area contributed by atoms with Gasteiger partial charge in [0.25, 0.3) is 0 Å². The standard InChI is InChI=1S/C28H24N8OS/c1-15-6-7-23(38-15)19-8-9-30-26-24(19)33-27(34-26)25-20-11-21(31-14-22(20)35-36-25)17-10-18(13-29-12-17)32-28(37)16-4-2-3-5-16/h6-14,16H,2-5H2,1H3,(H,32,37)(H,35,36)(H,30,33,34). The molecule has 1 fully saturated rings. The van der Waals surface area contributed by atoms with Crippen LogP contribution in [-0.4, -0.2) is 41.0 Å². The number of hydrogen-bond donors (Lipinski definition) is 3. The maximum atomic E-state index is 12.6. The molecule has 0 radical (unpaired) electrons. The highest BCUT2D eigenvalue weighted by molar-refractivity contribution is 7.15. The Bertz CT molecular complexity index is 1810. The average molecular weight is 521 g/mol. The molecule has 0 atom stereocenters. The highest BCUT2D eigenvalue weighted by atomic mass is 32.1. The number of carbonyl (C=O) groups is 1. The van der Waals surface area contributed by atoms with E-state index in [9.17, 15) is 4.79 Å². The Hall–Kier alpha value is -4.44. The lowest BCUT2D eigenvalue weighted by Gasteiger charge is -2.11. The second-order valence-corrected chi connectivity index (χ2v) is 11.0. The molecule has 1 aliphatic rings. The average Bonchev–Trinajstić information content (AvgIpc) is 3.74. The van der Waals surface area contributed by atoms with Crippen molar-refractivity contribution in [2.75, 3.05) is 5.32 Å². The summed E-state index contributed by atoms with van der Waals surface area (Å²) in [6, 6.07) is 10.1. The van der Waals surface area contributed by atoms with Crippen LogP contribution in [0, 0.1) is 12.8 Å². The molecule has 188 valence electrons. The Morgan fingerprint density at radius 2 is 1.97 bits per heavy atom. The molecule has 6 aromatic rings. The smallest absolute Gasteiger partial charge is 0.227 e. The summed E-state index contributed by atoms with van der Waals surface area (Å²) in [5.74, 6) is 0.786. The van der Waals surface area contributed by atoms with Gasteiger partial charge < -0.3 is 10.3 Å². The highest BCUT2D eigenvalue weighted by Crippen LogP contribution is 2.34.